The van der Waals surface area contributed by atoms with Gasteiger partial charge in [-0.1, -0.05) is 135 Å². The molecule has 228 valence electrons. The van der Waals surface area contributed by atoms with Crippen molar-refractivity contribution in [1.82, 2.24) is 0 Å². The van der Waals surface area contributed by atoms with E-state index in [-0.39, 0.29) is 5.78 Å². The van der Waals surface area contributed by atoms with Crippen LogP contribution in [-0.4, -0.2) is 5.78 Å². The maximum Gasteiger partial charge on any atom is 0.193 e. The molecule has 3 rings (SSSR count). The highest BCUT2D eigenvalue weighted by Gasteiger charge is 2.25. The van der Waals surface area contributed by atoms with E-state index in [9.17, 15) is 4.79 Å². The van der Waals surface area contributed by atoms with E-state index in [1.165, 1.54) is 151 Å². The molecule has 2 aromatic rings. The first-order chi connectivity index (χ1) is 20.0. The number of rotatable bonds is 22. The second-order valence-electron chi connectivity index (χ2n) is 12.6. The van der Waals surface area contributed by atoms with Crippen molar-refractivity contribution in [3.05, 3.63) is 65.7 Å². The van der Waals surface area contributed by atoms with Crippen molar-refractivity contribution in [2.75, 3.05) is 0 Å². The van der Waals surface area contributed by atoms with Gasteiger partial charge >= 0.3 is 0 Å². The Morgan fingerprint density at radius 3 is 1.44 bits per heavy atom. The van der Waals surface area contributed by atoms with Crippen LogP contribution in [0.3, 0.4) is 0 Å². The van der Waals surface area contributed by atoms with Crippen LogP contribution in [0.2, 0.25) is 0 Å². The molecule has 0 aromatic heterocycles. The number of aryl methyl sites for hydroxylation is 2. The number of ketones is 1. The van der Waals surface area contributed by atoms with Crippen molar-refractivity contribution in [1.29, 1.82) is 0 Å². The molecule has 0 saturated heterocycles. The minimum Gasteiger partial charge on any atom is -0.289 e. The van der Waals surface area contributed by atoms with Gasteiger partial charge in [-0.2, -0.15) is 0 Å². The Kier molecular flexibility index (Phi) is 17.2. The standard InChI is InChI=1S/C38H56BrIO/c1-3-5-7-9-11-13-15-17-19-21-23-30-25-32-26-33-28-36(39)37(40)29-35(33)38(41)34(32)27-31(30)24-22-20-18-16-14-12-10-8-6-4-2/h25,27-29H,3-24,26H2,1-2H3. The number of hydrogen-bond donors (Lipinski definition) is 0. The number of benzene rings is 2. The fourth-order valence-corrected chi connectivity index (χ4v) is 7.32. The zero-order valence-corrected chi connectivity index (χ0v) is 30.0. The molecule has 41 heavy (non-hydrogen) atoms. The quantitative estimate of drug-likeness (QED) is 0.0742. The molecule has 0 amide bonds. The summed E-state index contributed by atoms with van der Waals surface area (Å²) in [5.74, 6) is 0.224. The van der Waals surface area contributed by atoms with E-state index in [4.69, 9.17) is 0 Å². The Morgan fingerprint density at radius 2 is 0.951 bits per heavy atom. The van der Waals surface area contributed by atoms with Gasteiger partial charge in [-0.15, -0.1) is 0 Å². The molecule has 2 aromatic carbocycles. The van der Waals surface area contributed by atoms with E-state index in [1.54, 1.807) is 0 Å². The summed E-state index contributed by atoms with van der Waals surface area (Å²) < 4.78 is 2.21. The van der Waals surface area contributed by atoms with Crippen LogP contribution >= 0.6 is 38.5 Å². The molecule has 0 spiro atoms. The highest BCUT2D eigenvalue weighted by molar-refractivity contribution is 14.1. The zero-order valence-electron chi connectivity index (χ0n) is 26.2. The van der Waals surface area contributed by atoms with Crippen LogP contribution in [0.25, 0.3) is 0 Å². The number of halogens is 2. The molecule has 0 radical (unpaired) electrons. The predicted molar refractivity (Wildman–Crippen MR) is 191 cm³/mol. The van der Waals surface area contributed by atoms with E-state index >= 15 is 0 Å². The fraction of sp³-hybridized carbons (Fsp3) is 0.658. The molecule has 0 saturated carbocycles. The second kappa shape index (κ2) is 20.3. The lowest BCUT2D eigenvalue weighted by Gasteiger charge is -2.22. The maximum atomic E-state index is 13.6. The molecule has 1 aliphatic rings. The summed E-state index contributed by atoms with van der Waals surface area (Å²) in [5.41, 5.74) is 7.23. The molecule has 1 aliphatic carbocycles. The number of fused-ring (bicyclic) bond motifs is 2. The monoisotopic (exact) mass is 734 g/mol. The number of unbranched alkanes of at least 4 members (excludes halogenated alkanes) is 18. The van der Waals surface area contributed by atoms with E-state index in [0.29, 0.717) is 0 Å². The lowest BCUT2D eigenvalue weighted by Crippen LogP contribution is -2.17. The molecule has 0 heterocycles. The van der Waals surface area contributed by atoms with Gasteiger partial charge in [0.1, 0.15) is 0 Å². The van der Waals surface area contributed by atoms with Gasteiger partial charge in [0.05, 0.1) is 0 Å². The predicted octanol–water partition coefficient (Wildman–Crippen LogP) is 13.1. The van der Waals surface area contributed by atoms with Gasteiger partial charge in [0.15, 0.2) is 5.78 Å². The van der Waals surface area contributed by atoms with Crippen molar-refractivity contribution in [2.24, 2.45) is 0 Å². The van der Waals surface area contributed by atoms with Crippen LogP contribution in [0.5, 0.6) is 0 Å². The topological polar surface area (TPSA) is 17.1 Å². The van der Waals surface area contributed by atoms with Crippen LogP contribution in [0, 0.1) is 3.57 Å². The molecule has 3 heteroatoms. The van der Waals surface area contributed by atoms with E-state index in [2.05, 4.69) is 76.6 Å². The van der Waals surface area contributed by atoms with Gasteiger partial charge in [0, 0.05) is 19.2 Å². The van der Waals surface area contributed by atoms with Gasteiger partial charge in [-0.3, -0.25) is 4.79 Å². The Balaban J connectivity index is 1.55. The minimum absolute atomic E-state index is 0.224. The molecular formula is C38H56BrIO. The SMILES string of the molecule is CCCCCCCCCCCCc1cc2c(cc1CCCCCCCCCCCC)C(=O)c1cc(I)c(Br)cc1C2. The zero-order chi connectivity index (χ0) is 29.3. The van der Waals surface area contributed by atoms with Gasteiger partial charge < -0.3 is 0 Å². The summed E-state index contributed by atoms with van der Waals surface area (Å²) in [6.07, 6.45) is 30.6. The van der Waals surface area contributed by atoms with Crippen LogP contribution in [0.1, 0.15) is 180 Å². The molecule has 0 fully saturated rings. The van der Waals surface area contributed by atoms with Gasteiger partial charge in [-0.25, -0.2) is 0 Å². The summed E-state index contributed by atoms with van der Waals surface area (Å²) in [6, 6.07) is 8.96. The molecule has 0 aliphatic heterocycles. The number of carbonyl (C=O) groups is 1. The summed E-state index contributed by atoms with van der Waals surface area (Å²) in [4.78, 5) is 13.6. The van der Waals surface area contributed by atoms with Crippen LogP contribution < -0.4 is 0 Å². The lowest BCUT2D eigenvalue weighted by molar-refractivity contribution is 0.103. The highest BCUT2D eigenvalue weighted by atomic mass is 127. The molecule has 0 unspecified atom stereocenters. The van der Waals surface area contributed by atoms with Gasteiger partial charge in [-0.05, 0) is 111 Å². The average molecular weight is 736 g/mol. The minimum atomic E-state index is 0.224. The lowest BCUT2D eigenvalue weighted by atomic mass is 9.81. The third-order valence-electron chi connectivity index (χ3n) is 9.04. The van der Waals surface area contributed by atoms with Crippen molar-refractivity contribution >= 4 is 44.3 Å². The Bertz CT molecular complexity index is 1060. The van der Waals surface area contributed by atoms with Crippen LogP contribution in [0.15, 0.2) is 28.7 Å². The van der Waals surface area contributed by atoms with E-state index in [0.717, 1.165) is 38.4 Å². The molecular weight excluding hydrogens is 679 g/mol. The molecule has 0 bridgehead atoms. The van der Waals surface area contributed by atoms with Crippen LogP contribution in [0.4, 0.5) is 0 Å². The second-order valence-corrected chi connectivity index (χ2v) is 14.6. The van der Waals surface area contributed by atoms with E-state index < -0.39 is 0 Å². The summed E-state index contributed by atoms with van der Waals surface area (Å²) in [7, 11) is 0. The molecule has 0 N–H and O–H groups in total. The Hall–Kier alpha value is -0.680. The van der Waals surface area contributed by atoms with Crippen molar-refractivity contribution in [2.45, 2.75) is 162 Å². The third kappa shape index (κ3) is 12.1. The fourth-order valence-electron chi connectivity index (χ4n) is 6.47. The normalized spacial score (nSPS) is 12.5. The van der Waals surface area contributed by atoms with Crippen molar-refractivity contribution in [3.8, 4) is 0 Å². The first-order valence-corrected chi connectivity index (χ1v) is 19.1. The Morgan fingerprint density at radius 1 is 0.561 bits per heavy atom. The molecule has 0 atom stereocenters. The maximum absolute atomic E-state index is 13.6. The third-order valence-corrected chi connectivity index (χ3v) is 11.3. The van der Waals surface area contributed by atoms with Crippen LogP contribution in [-0.2, 0) is 19.3 Å². The highest BCUT2D eigenvalue weighted by Crippen LogP contribution is 2.34. The first-order valence-electron chi connectivity index (χ1n) is 17.2. The average Bonchev–Trinajstić information content (AvgIpc) is 2.96. The van der Waals surface area contributed by atoms with Gasteiger partial charge in [0.2, 0.25) is 0 Å². The smallest absolute Gasteiger partial charge is 0.193 e. The largest absolute Gasteiger partial charge is 0.289 e. The van der Waals surface area contributed by atoms with Crippen molar-refractivity contribution in [3.63, 3.8) is 0 Å². The number of hydrogen-bond acceptors (Lipinski definition) is 1. The van der Waals surface area contributed by atoms with E-state index in [1.807, 2.05) is 0 Å². The van der Waals surface area contributed by atoms with Gasteiger partial charge in [0.25, 0.3) is 0 Å². The first kappa shape index (κ1) is 34.8. The molecule has 1 nitrogen and oxygen atoms in total. The summed E-state index contributed by atoms with van der Waals surface area (Å²) in [5, 5.41) is 0. The van der Waals surface area contributed by atoms with Crippen molar-refractivity contribution < 1.29 is 4.79 Å². The number of carbonyl (C=O) groups excluding carboxylic acids is 1. The summed E-state index contributed by atoms with van der Waals surface area (Å²) in [6.45, 7) is 4.58. The Labute approximate surface area is 274 Å². The summed E-state index contributed by atoms with van der Waals surface area (Å²) >= 11 is 6.01.